The summed E-state index contributed by atoms with van der Waals surface area (Å²) >= 11 is 0. The number of ether oxygens (including phenoxy) is 1. The molecule has 1 aliphatic heterocycles. The predicted octanol–water partition coefficient (Wildman–Crippen LogP) is 4.64. The van der Waals surface area contributed by atoms with E-state index in [1.54, 1.807) is 0 Å². The van der Waals surface area contributed by atoms with Crippen LogP contribution in [-0.4, -0.2) is 88.6 Å². The molecule has 2 amide bonds. The van der Waals surface area contributed by atoms with E-state index < -0.39 is 115 Å². The number of nitrogens with zero attached hydrogens (tertiary/aromatic N) is 4. The number of Topliss-reactive ketones (excluding diaryl/α,β-unsaturated/α-hetero) is 1. The smallest absolute Gasteiger partial charge is 0.433 e. The number of carbonyl (C=O) groups is 3. The first-order chi connectivity index (χ1) is 25.6. The number of carbonyl (C=O) groups excluding carboxylic acids is 3. The summed E-state index contributed by atoms with van der Waals surface area (Å²) in [6.45, 7) is -1.08. The third-order valence-electron chi connectivity index (χ3n) is 9.26. The van der Waals surface area contributed by atoms with Crippen LogP contribution < -0.4 is 15.4 Å². The summed E-state index contributed by atoms with van der Waals surface area (Å²) in [6, 6.07) is 4.21. The summed E-state index contributed by atoms with van der Waals surface area (Å²) in [6.07, 6.45) is -8.29. The van der Waals surface area contributed by atoms with Gasteiger partial charge in [0.1, 0.15) is 18.6 Å². The van der Waals surface area contributed by atoms with Gasteiger partial charge in [0.2, 0.25) is 11.7 Å². The Hall–Kier alpha value is -4.80. The molecule has 2 fully saturated rings. The van der Waals surface area contributed by atoms with Crippen LogP contribution in [0.2, 0.25) is 0 Å². The molecular weight excluding hydrogens is 776 g/mol. The molecule has 22 heteroatoms. The average Bonchev–Trinajstić information content (AvgIpc) is 3.60. The normalized spacial score (nSPS) is 17.9. The van der Waals surface area contributed by atoms with Crippen molar-refractivity contribution in [3.8, 4) is 17.0 Å². The highest BCUT2D eigenvalue weighted by Gasteiger charge is 2.58. The number of hydrazine groups is 1. The number of hydrogen-bond acceptors (Lipinski definition) is 10. The molecule has 1 atom stereocenters. The summed E-state index contributed by atoms with van der Waals surface area (Å²) in [7, 11) is -2.85. The van der Waals surface area contributed by atoms with Gasteiger partial charge in [-0.3, -0.25) is 23.9 Å². The molecule has 2 aromatic carbocycles. The van der Waals surface area contributed by atoms with Crippen molar-refractivity contribution in [2.75, 3.05) is 37.8 Å². The number of anilines is 1. The predicted molar refractivity (Wildman–Crippen MR) is 175 cm³/mol. The Morgan fingerprint density at radius 3 is 2.31 bits per heavy atom. The number of benzene rings is 2. The third kappa shape index (κ3) is 9.03. The van der Waals surface area contributed by atoms with Gasteiger partial charge in [-0.05, 0) is 43.2 Å². The number of nitrogens with one attached hydrogen (secondary N) is 2. The Bertz CT molecular complexity index is 2080. The minimum absolute atomic E-state index is 0.00734. The number of halogens is 8. The van der Waals surface area contributed by atoms with Gasteiger partial charge >= 0.3 is 12.4 Å². The van der Waals surface area contributed by atoms with Crippen molar-refractivity contribution < 1.29 is 67.2 Å². The second-order valence-electron chi connectivity index (χ2n) is 12.7. The van der Waals surface area contributed by atoms with Crippen LogP contribution in [0.1, 0.15) is 42.5 Å². The van der Waals surface area contributed by atoms with Crippen LogP contribution >= 0.6 is 0 Å². The first-order valence-electron chi connectivity index (χ1n) is 16.4. The maximum absolute atomic E-state index is 15.4. The number of amides is 2. The highest BCUT2D eigenvalue weighted by atomic mass is 32.2. The number of likely N-dealkylation sites (N-methyl/N-ethyl adjacent to an activating group) is 1. The lowest BCUT2D eigenvalue weighted by Gasteiger charge is -2.49. The van der Waals surface area contributed by atoms with Gasteiger partial charge in [0, 0.05) is 31.3 Å². The fourth-order valence-electron chi connectivity index (χ4n) is 6.45. The SMILES string of the molecule is CN1N(Cc2ccc(OCCNCCS(=O)(=O)O)c(F)c2F)C(=O)C(C(=O)Nc2ccc(C(F)(F)F)cc2-c2cc(C(F)(F)F)ncn2)C(=O)C12CCCC2. The third-order valence-corrected chi connectivity index (χ3v) is 9.98. The molecule has 55 heavy (non-hydrogen) atoms. The number of ketones is 1. The van der Waals surface area contributed by atoms with Gasteiger partial charge in [0.25, 0.3) is 16.0 Å². The van der Waals surface area contributed by atoms with E-state index in [4.69, 9.17) is 9.29 Å². The summed E-state index contributed by atoms with van der Waals surface area (Å²) in [5, 5.41) is 6.96. The molecule has 5 rings (SSSR count). The molecule has 2 heterocycles. The molecular formula is C33H32F8N6O7S. The summed E-state index contributed by atoms with van der Waals surface area (Å²) in [5.74, 6) is -9.58. The Morgan fingerprint density at radius 2 is 1.67 bits per heavy atom. The lowest BCUT2D eigenvalue weighted by atomic mass is 9.80. The molecule has 1 aromatic heterocycles. The van der Waals surface area contributed by atoms with Crippen LogP contribution in [0.15, 0.2) is 42.7 Å². The number of hydrogen-bond donors (Lipinski definition) is 3. The van der Waals surface area contributed by atoms with Crippen LogP contribution in [0.4, 0.5) is 40.8 Å². The van der Waals surface area contributed by atoms with Gasteiger partial charge in [0.15, 0.2) is 23.3 Å². The number of rotatable bonds is 12. The first kappa shape index (κ1) is 41.4. The van der Waals surface area contributed by atoms with Crippen LogP contribution in [0.3, 0.4) is 0 Å². The van der Waals surface area contributed by atoms with Gasteiger partial charge in [-0.2, -0.15) is 39.2 Å². The molecule has 1 aliphatic carbocycles. The summed E-state index contributed by atoms with van der Waals surface area (Å²) < 4.78 is 147. The number of aromatic nitrogens is 2. The molecule has 2 aliphatic rings. The van der Waals surface area contributed by atoms with Crippen LogP contribution in [0, 0.1) is 17.6 Å². The van der Waals surface area contributed by atoms with Crippen molar-refractivity contribution in [3.05, 3.63) is 71.2 Å². The minimum Gasteiger partial charge on any atom is -0.489 e. The largest absolute Gasteiger partial charge is 0.489 e. The molecule has 1 saturated heterocycles. The fourth-order valence-corrected chi connectivity index (χ4v) is 6.85. The van der Waals surface area contributed by atoms with E-state index in [2.05, 4.69) is 20.6 Å². The summed E-state index contributed by atoms with van der Waals surface area (Å²) in [4.78, 5) is 48.6. The highest BCUT2D eigenvalue weighted by molar-refractivity contribution is 7.85. The molecule has 298 valence electrons. The second-order valence-corrected chi connectivity index (χ2v) is 14.3. The summed E-state index contributed by atoms with van der Waals surface area (Å²) in [5.41, 5.74) is -6.51. The first-order valence-corrected chi connectivity index (χ1v) is 18.0. The molecule has 0 radical (unpaired) electrons. The zero-order valence-corrected chi connectivity index (χ0v) is 29.4. The van der Waals surface area contributed by atoms with Crippen molar-refractivity contribution in [3.63, 3.8) is 0 Å². The van der Waals surface area contributed by atoms with E-state index in [1.165, 1.54) is 12.1 Å². The van der Waals surface area contributed by atoms with E-state index in [0.717, 1.165) is 23.2 Å². The van der Waals surface area contributed by atoms with Crippen molar-refractivity contribution in [2.24, 2.45) is 5.92 Å². The molecule has 13 nitrogen and oxygen atoms in total. The molecule has 1 unspecified atom stereocenters. The standard InChI is InChI=1S/C33H32F8N6O7S/c1-46-31(8-2-3-9-31)28(48)25(30(50)47(46)16-18-4-7-23(27(35)26(18)34)54-12-10-42-11-13-55(51,52)53)29(49)45-21-6-5-19(32(36,37)38)14-20(21)22-15-24(33(39,40)41)44-17-43-22/h4-7,14-15,17,25,42H,2-3,8-13,16H2,1H3,(H,45,49)(H,51,52,53). The Morgan fingerprint density at radius 1 is 0.982 bits per heavy atom. The number of alkyl halides is 6. The van der Waals surface area contributed by atoms with E-state index in [-0.39, 0.29) is 32.5 Å². The van der Waals surface area contributed by atoms with Gasteiger partial charge in [-0.15, -0.1) is 0 Å². The van der Waals surface area contributed by atoms with Crippen LogP contribution in [-0.2, 0) is 43.4 Å². The van der Waals surface area contributed by atoms with Crippen molar-refractivity contribution in [1.29, 1.82) is 0 Å². The zero-order chi connectivity index (χ0) is 40.5. The minimum atomic E-state index is -5.02. The maximum Gasteiger partial charge on any atom is 0.433 e. The zero-order valence-electron chi connectivity index (χ0n) is 28.6. The Labute approximate surface area is 307 Å². The fraction of sp³-hybridized carbons (Fsp3) is 0.424. The quantitative estimate of drug-likeness (QED) is 0.101. The van der Waals surface area contributed by atoms with Crippen molar-refractivity contribution in [1.82, 2.24) is 25.3 Å². The van der Waals surface area contributed by atoms with Gasteiger partial charge in [-0.25, -0.2) is 19.4 Å². The van der Waals surface area contributed by atoms with Crippen LogP contribution in [0.25, 0.3) is 11.3 Å². The maximum atomic E-state index is 15.4. The van der Waals surface area contributed by atoms with Gasteiger partial charge < -0.3 is 15.4 Å². The molecule has 1 saturated carbocycles. The van der Waals surface area contributed by atoms with Crippen LogP contribution in [0.5, 0.6) is 5.75 Å². The van der Waals surface area contributed by atoms with Crippen molar-refractivity contribution >= 4 is 33.4 Å². The van der Waals surface area contributed by atoms with E-state index in [0.29, 0.717) is 37.4 Å². The highest BCUT2D eigenvalue weighted by Crippen LogP contribution is 2.43. The lowest BCUT2D eigenvalue weighted by molar-refractivity contribution is -0.186. The van der Waals surface area contributed by atoms with Gasteiger partial charge in [0.05, 0.1) is 34.8 Å². The Kier molecular flexibility index (Phi) is 11.8. The second kappa shape index (κ2) is 15.7. The average molecular weight is 809 g/mol. The van der Waals surface area contributed by atoms with Crippen molar-refractivity contribution in [2.45, 2.75) is 50.1 Å². The molecule has 1 spiro atoms. The van der Waals surface area contributed by atoms with E-state index in [1.807, 2.05) is 0 Å². The monoisotopic (exact) mass is 808 g/mol. The Balaban J connectivity index is 1.42. The van der Waals surface area contributed by atoms with E-state index in [9.17, 15) is 49.1 Å². The van der Waals surface area contributed by atoms with Gasteiger partial charge in [-0.1, -0.05) is 18.9 Å². The van der Waals surface area contributed by atoms with E-state index >= 15 is 8.78 Å². The molecule has 3 N–H and O–H groups in total. The lowest BCUT2D eigenvalue weighted by Crippen LogP contribution is -2.69. The topological polar surface area (TPSA) is 171 Å². The molecule has 0 bridgehead atoms. The molecule has 3 aromatic rings.